The molecule has 0 saturated carbocycles. The molecular formula is C19H23ClN2O2. The minimum absolute atomic E-state index is 0. The maximum absolute atomic E-state index is 12.1. The van der Waals surface area contributed by atoms with Crippen LogP contribution in [-0.4, -0.2) is 18.5 Å². The molecule has 0 aromatic heterocycles. The summed E-state index contributed by atoms with van der Waals surface area (Å²) < 4.78 is 5.91. The van der Waals surface area contributed by atoms with Gasteiger partial charge in [-0.25, -0.2) is 0 Å². The zero-order valence-corrected chi connectivity index (χ0v) is 14.4. The smallest absolute Gasteiger partial charge is 0.221 e. The quantitative estimate of drug-likeness (QED) is 0.839. The van der Waals surface area contributed by atoms with Crippen molar-refractivity contribution in [3.8, 4) is 11.5 Å². The molecule has 4 nitrogen and oxygen atoms in total. The predicted molar refractivity (Wildman–Crippen MR) is 97.7 cm³/mol. The van der Waals surface area contributed by atoms with Crippen molar-refractivity contribution >= 4 is 18.3 Å². The van der Waals surface area contributed by atoms with Crippen LogP contribution in [0.2, 0.25) is 0 Å². The third-order valence-electron chi connectivity index (χ3n) is 4.01. The first kappa shape index (κ1) is 18.3. The molecule has 1 aliphatic rings. The van der Waals surface area contributed by atoms with Crippen LogP contribution in [-0.2, 0) is 11.3 Å². The molecule has 2 aromatic carbocycles. The van der Waals surface area contributed by atoms with Gasteiger partial charge in [0.2, 0.25) is 5.91 Å². The molecule has 1 aliphatic heterocycles. The van der Waals surface area contributed by atoms with E-state index < -0.39 is 0 Å². The number of nitrogens with one attached hydrogen (secondary N) is 2. The Hall–Kier alpha value is -2.04. The summed E-state index contributed by atoms with van der Waals surface area (Å²) in [5, 5.41) is 6.34. The first-order valence-electron chi connectivity index (χ1n) is 8.12. The van der Waals surface area contributed by atoms with Crippen LogP contribution in [0.1, 0.15) is 24.8 Å². The molecule has 24 heavy (non-hydrogen) atoms. The third kappa shape index (κ3) is 5.25. The second kappa shape index (κ2) is 9.30. The maximum atomic E-state index is 12.1. The second-order valence-electron chi connectivity index (χ2n) is 5.80. The fourth-order valence-electron chi connectivity index (χ4n) is 2.79. The number of rotatable bonds is 6. The Morgan fingerprint density at radius 3 is 2.62 bits per heavy atom. The Kier molecular flexibility index (Phi) is 7.09. The molecule has 0 radical (unpaired) electrons. The molecule has 1 unspecified atom stereocenters. The summed E-state index contributed by atoms with van der Waals surface area (Å²) in [7, 11) is 0. The van der Waals surface area contributed by atoms with E-state index in [0.29, 0.717) is 19.0 Å². The lowest BCUT2D eigenvalue weighted by molar-refractivity contribution is -0.121. The molecule has 0 bridgehead atoms. The van der Waals surface area contributed by atoms with E-state index in [0.717, 1.165) is 36.4 Å². The molecule has 1 fully saturated rings. The molecule has 1 atom stereocenters. The lowest BCUT2D eigenvalue weighted by Crippen LogP contribution is -2.31. The van der Waals surface area contributed by atoms with Gasteiger partial charge in [-0.2, -0.15) is 0 Å². The number of benzene rings is 2. The summed E-state index contributed by atoms with van der Waals surface area (Å²) in [6, 6.07) is 17.8. The Morgan fingerprint density at radius 2 is 1.88 bits per heavy atom. The average molecular weight is 347 g/mol. The van der Waals surface area contributed by atoms with Crippen molar-refractivity contribution in [2.24, 2.45) is 0 Å². The van der Waals surface area contributed by atoms with Crippen LogP contribution in [0.5, 0.6) is 11.5 Å². The van der Waals surface area contributed by atoms with Gasteiger partial charge in [-0.15, -0.1) is 12.4 Å². The summed E-state index contributed by atoms with van der Waals surface area (Å²) in [5.41, 5.74) is 0.976. The second-order valence-corrected chi connectivity index (χ2v) is 5.80. The molecular weight excluding hydrogens is 324 g/mol. The summed E-state index contributed by atoms with van der Waals surface area (Å²) in [6.45, 7) is 1.50. The lowest BCUT2D eigenvalue weighted by atomic mass is 10.1. The van der Waals surface area contributed by atoms with E-state index >= 15 is 0 Å². The normalized spacial score (nSPS) is 16.2. The Balaban J connectivity index is 0.00000208. The van der Waals surface area contributed by atoms with E-state index in [2.05, 4.69) is 10.6 Å². The number of hydrogen-bond acceptors (Lipinski definition) is 3. The van der Waals surface area contributed by atoms with Crippen LogP contribution in [0.3, 0.4) is 0 Å². The molecule has 2 N–H and O–H groups in total. The van der Waals surface area contributed by atoms with E-state index in [1.165, 1.54) is 0 Å². The highest BCUT2D eigenvalue weighted by atomic mass is 35.5. The van der Waals surface area contributed by atoms with E-state index in [1.807, 2.05) is 54.6 Å². The minimum Gasteiger partial charge on any atom is -0.457 e. The van der Waals surface area contributed by atoms with E-state index in [9.17, 15) is 4.79 Å². The Bertz CT molecular complexity index is 643. The van der Waals surface area contributed by atoms with Gasteiger partial charge in [0.15, 0.2) is 0 Å². The standard InChI is InChI=1S/C19H22N2O2.ClH/c22-19(13-16-8-6-12-20-16)21-14-15-7-4-5-11-18(15)23-17-9-2-1-3-10-17;/h1-5,7,9-11,16,20H,6,8,12-14H2,(H,21,22);1H. The zero-order valence-electron chi connectivity index (χ0n) is 13.5. The minimum atomic E-state index is 0. The lowest BCUT2D eigenvalue weighted by Gasteiger charge is -2.13. The number of hydrogen-bond donors (Lipinski definition) is 2. The number of ether oxygens (including phenoxy) is 1. The topological polar surface area (TPSA) is 50.4 Å². The number of carbonyl (C=O) groups excluding carboxylic acids is 1. The highest BCUT2D eigenvalue weighted by molar-refractivity contribution is 5.85. The van der Waals surface area contributed by atoms with Crippen molar-refractivity contribution in [3.63, 3.8) is 0 Å². The van der Waals surface area contributed by atoms with E-state index in [4.69, 9.17) is 4.74 Å². The summed E-state index contributed by atoms with van der Waals surface area (Å²) in [6.07, 6.45) is 2.79. The van der Waals surface area contributed by atoms with Crippen molar-refractivity contribution in [3.05, 3.63) is 60.2 Å². The number of para-hydroxylation sites is 2. The van der Waals surface area contributed by atoms with Gasteiger partial charge >= 0.3 is 0 Å². The molecule has 1 heterocycles. The average Bonchev–Trinajstić information content (AvgIpc) is 3.08. The van der Waals surface area contributed by atoms with Gasteiger partial charge in [-0.3, -0.25) is 4.79 Å². The molecule has 2 aromatic rings. The molecule has 128 valence electrons. The largest absolute Gasteiger partial charge is 0.457 e. The van der Waals surface area contributed by atoms with Crippen LogP contribution in [0.25, 0.3) is 0 Å². The van der Waals surface area contributed by atoms with E-state index in [1.54, 1.807) is 0 Å². The van der Waals surface area contributed by atoms with Crippen molar-refractivity contribution in [2.45, 2.75) is 31.8 Å². The molecule has 0 aliphatic carbocycles. The number of halogens is 1. The van der Waals surface area contributed by atoms with Crippen molar-refractivity contribution in [1.82, 2.24) is 10.6 Å². The summed E-state index contributed by atoms with van der Waals surface area (Å²) >= 11 is 0. The van der Waals surface area contributed by atoms with Crippen LogP contribution in [0.4, 0.5) is 0 Å². The van der Waals surface area contributed by atoms with Crippen molar-refractivity contribution in [1.29, 1.82) is 0 Å². The van der Waals surface area contributed by atoms with Crippen molar-refractivity contribution in [2.75, 3.05) is 6.54 Å². The molecule has 1 amide bonds. The highest BCUT2D eigenvalue weighted by Crippen LogP contribution is 2.24. The van der Waals surface area contributed by atoms with Gasteiger partial charge in [-0.05, 0) is 37.6 Å². The van der Waals surface area contributed by atoms with Gasteiger partial charge in [0.25, 0.3) is 0 Å². The fraction of sp³-hybridized carbons (Fsp3) is 0.316. The first-order valence-corrected chi connectivity index (χ1v) is 8.12. The van der Waals surface area contributed by atoms with E-state index in [-0.39, 0.29) is 18.3 Å². The van der Waals surface area contributed by atoms with Gasteiger partial charge in [0, 0.05) is 24.6 Å². The zero-order chi connectivity index (χ0) is 15.9. The SMILES string of the molecule is Cl.O=C(CC1CCCN1)NCc1ccccc1Oc1ccccc1. The van der Waals surface area contributed by atoms with Crippen molar-refractivity contribution < 1.29 is 9.53 Å². The molecule has 0 spiro atoms. The van der Waals surface area contributed by atoms with Gasteiger partial charge in [-0.1, -0.05) is 36.4 Å². The molecule has 3 rings (SSSR count). The first-order chi connectivity index (χ1) is 11.3. The number of carbonyl (C=O) groups is 1. The third-order valence-corrected chi connectivity index (χ3v) is 4.01. The van der Waals surface area contributed by atoms with Gasteiger partial charge in [0.05, 0.1) is 0 Å². The molecule has 1 saturated heterocycles. The Labute approximate surface area is 149 Å². The van der Waals surface area contributed by atoms with Crippen LogP contribution in [0.15, 0.2) is 54.6 Å². The number of amides is 1. The van der Waals surface area contributed by atoms with Gasteiger partial charge in [0.1, 0.15) is 11.5 Å². The van der Waals surface area contributed by atoms with Crippen LogP contribution >= 0.6 is 12.4 Å². The Morgan fingerprint density at radius 1 is 1.12 bits per heavy atom. The summed E-state index contributed by atoms with van der Waals surface area (Å²) in [5.74, 6) is 1.65. The van der Waals surface area contributed by atoms with Crippen LogP contribution in [0, 0.1) is 0 Å². The summed E-state index contributed by atoms with van der Waals surface area (Å²) in [4.78, 5) is 12.1. The predicted octanol–water partition coefficient (Wildman–Crippen LogP) is 3.66. The highest BCUT2D eigenvalue weighted by Gasteiger charge is 2.17. The van der Waals surface area contributed by atoms with Crippen LogP contribution < -0.4 is 15.4 Å². The maximum Gasteiger partial charge on any atom is 0.221 e. The molecule has 5 heteroatoms. The monoisotopic (exact) mass is 346 g/mol. The fourth-order valence-corrected chi connectivity index (χ4v) is 2.79. The van der Waals surface area contributed by atoms with Gasteiger partial charge < -0.3 is 15.4 Å².